The van der Waals surface area contributed by atoms with E-state index in [0.29, 0.717) is 13.1 Å². The van der Waals surface area contributed by atoms with E-state index in [1.807, 2.05) is 49.1 Å². The van der Waals surface area contributed by atoms with Gasteiger partial charge in [0.1, 0.15) is 5.82 Å². The van der Waals surface area contributed by atoms with Crippen molar-refractivity contribution in [3.05, 3.63) is 66.0 Å². The number of hydrogen-bond donors (Lipinski definition) is 0. The van der Waals surface area contributed by atoms with Crippen molar-refractivity contribution < 1.29 is 9.18 Å². The van der Waals surface area contributed by atoms with Crippen LogP contribution in [0, 0.1) is 17.1 Å². The lowest BCUT2D eigenvalue weighted by Crippen LogP contribution is -2.41. The maximum atomic E-state index is 13.2. The predicted molar refractivity (Wildman–Crippen MR) is 101 cm³/mol. The molecule has 26 heavy (non-hydrogen) atoms. The second kappa shape index (κ2) is 9.69. The van der Waals surface area contributed by atoms with E-state index in [9.17, 15) is 9.18 Å². The average molecular weight is 353 g/mol. The van der Waals surface area contributed by atoms with Crippen molar-refractivity contribution in [1.82, 2.24) is 4.90 Å². The number of carbonyl (C=O) groups is 1. The van der Waals surface area contributed by atoms with Crippen molar-refractivity contribution in [3.63, 3.8) is 0 Å². The summed E-state index contributed by atoms with van der Waals surface area (Å²) in [6.45, 7) is 5.28. The summed E-state index contributed by atoms with van der Waals surface area (Å²) >= 11 is 0. The fraction of sp³-hybridized carbons (Fsp3) is 0.333. The molecule has 1 atom stereocenters. The Labute approximate surface area is 154 Å². The quantitative estimate of drug-likeness (QED) is 0.716. The van der Waals surface area contributed by atoms with Gasteiger partial charge in [0.15, 0.2) is 0 Å². The molecule has 0 bridgehead atoms. The minimum Gasteiger partial charge on any atom is -0.310 e. The number of likely N-dealkylation sites (N-methyl/N-ethyl adjacent to an activating group) is 1. The number of nitriles is 1. The van der Waals surface area contributed by atoms with E-state index < -0.39 is 0 Å². The normalized spacial score (nSPS) is 11.8. The summed E-state index contributed by atoms with van der Waals surface area (Å²) in [4.78, 5) is 16.6. The Morgan fingerprint density at radius 1 is 1.15 bits per heavy atom. The van der Waals surface area contributed by atoms with Crippen LogP contribution in [0.4, 0.5) is 10.1 Å². The standard InChI is InChI=1S/C21H24FN3O/c1-3-24(17(2)18-10-12-19(22)13-11-18)16-21(26)25(15-7-14-23)20-8-5-4-6-9-20/h4-6,8-13,17H,3,7,15-16H2,1-2H3. The van der Waals surface area contributed by atoms with Gasteiger partial charge in [-0.2, -0.15) is 5.26 Å². The van der Waals surface area contributed by atoms with Gasteiger partial charge in [-0.05, 0) is 43.3 Å². The molecule has 0 fully saturated rings. The van der Waals surface area contributed by atoms with Crippen molar-refractivity contribution in [3.8, 4) is 6.07 Å². The molecule has 136 valence electrons. The van der Waals surface area contributed by atoms with E-state index in [-0.39, 0.29) is 30.7 Å². The summed E-state index contributed by atoms with van der Waals surface area (Å²) in [5.74, 6) is -0.325. The number of carbonyl (C=O) groups excluding carboxylic acids is 1. The lowest BCUT2D eigenvalue weighted by molar-refractivity contribution is -0.120. The zero-order valence-corrected chi connectivity index (χ0v) is 15.2. The van der Waals surface area contributed by atoms with Crippen LogP contribution in [0.3, 0.4) is 0 Å². The van der Waals surface area contributed by atoms with Gasteiger partial charge >= 0.3 is 0 Å². The largest absolute Gasteiger partial charge is 0.310 e. The lowest BCUT2D eigenvalue weighted by atomic mass is 10.1. The van der Waals surface area contributed by atoms with Gasteiger partial charge < -0.3 is 4.90 Å². The molecule has 4 nitrogen and oxygen atoms in total. The molecule has 0 saturated heterocycles. The summed E-state index contributed by atoms with van der Waals surface area (Å²) in [5.41, 5.74) is 1.75. The zero-order valence-electron chi connectivity index (χ0n) is 15.2. The highest BCUT2D eigenvalue weighted by molar-refractivity contribution is 5.94. The smallest absolute Gasteiger partial charge is 0.241 e. The molecular formula is C21H24FN3O. The van der Waals surface area contributed by atoms with Gasteiger partial charge in [0.2, 0.25) is 5.91 Å². The van der Waals surface area contributed by atoms with Crippen LogP contribution in [0.2, 0.25) is 0 Å². The molecule has 0 saturated carbocycles. The SMILES string of the molecule is CCN(CC(=O)N(CCC#N)c1ccccc1)C(C)c1ccc(F)cc1. The van der Waals surface area contributed by atoms with Crippen LogP contribution in [-0.4, -0.2) is 30.4 Å². The maximum absolute atomic E-state index is 13.2. The molecule has 0 N–H and O–H groups in total. The Balaban J connectivity index is 2.14. The van der Waals surface area contributed by atoms with Crippen LogP contribution in [0.1, 0.15) is 31.9 Å². The molecule has 0 aliphatic heterocycles. The number of hydrogen-bond acceptors (Lipinski definition) is 3. The van der Waals surface area contributed by atoms with Crippen molar-refractivity contribution in [2.24, 2.45) is 0 Å². The Kier molecular flexibility index (Phi) is 7.31. The molecule has 1 unspecified atom stereocenters. The number of para-hydroxylation sites is 1. The summed E-state index contributed by atoms with van der Waals surface area (Å²) in [6, 6.07) is 17.8. The summed E-state index contributed by atoms with van der Waals surface area (Å²) in [6.07, 6.45) is 0.278. The van der Waals surface area contributed by atoms with E-state index in [1.54, 1.807) is 17.0 Å². The van der Waals surface area contributed by atoms with E-state index >= 15 is 0 Å². The highest BCUT2D eigenvalue weighted by atomic mass is 19.1. The van der Waals surface area contributed by atoms with Gasteiger partial charge in [0, 0.05) is 18.3 Å². The maximum Gasteiger partial charge on any atom is 0.241 e. The summed E-state index contributed by atoms with van der Waals surface area (Å²) in [5, 5.41) is 8.90. The number of nitrogens with zero attached hydrogens (tertiary/aromatic N) is 3. The average Bonchev–Trinajstić information content (AvgIpc) is 2.67. The van der Waals surface area contributed by atoms with Crippen LogP contribution >= 0.6 is 0 Å². The van der Waals surface area contributed by atoms with Gasteiger partial charge in [-0.15, -0.1) is 0 Å². The molecule has 1 amide bonds. The molecular weight excluding hydrogens is 329 g/mol. The number of halogens is 1. The Bertz CT molecular complexity index is 740. The predicted octanol–water partition coefficient (Wildman–Crippen LogP) is 4.16. The Morgan fingerprint density at radius 2 is 1.81 bits per heavy atom. The third-order valence-corrected chi connectivity index (χ3v) is 4.46. The van der Waals surface area contributed by atoms with Crippen molar-refractivity contribution in [1.29, 1.82) is 5.26 Å². The minimum atomic E-state index is -0.271. The first-order valence-electron chi connectivity index (χ1n) is 8.78. The van der Waals surface area contributed by atoms with Gasteiger partial charge in [0.25, 0.3) is 0 Å². The Hall–Kier alpha value is -2.71. The number of anilines is 1. The molecule has 0 aliphatic carbocycles. The van der Waals surface area contributed by atoms with Crippen LogP contribution < -0.4 is 4.90 Å². The molecule has 2 rings (SSSR count). The van der Waals surface area contributed by atoms with Crippen molar-refractivity contribution in [2.45, 2.75) is 26.3 Å². The van der Waals surface area contributed by atoms with Crippen LogP contribution in [0.5, 0.6) is 0 Å². The molecule has 0 aliphatic rings. The molecule has 0 radical (unpaired) electrons. The summed E-state index contributed by atoms with van der Waals surface area (Å²) in [7, 11) is 0. The third-order valence-electron chi connectivity index (χ3n) is 4.46. The first kappa shape index (κ1) is 19.6. The number of benzene rings is 2. The van der Waals surface area contributed by atoms with Crippen LogP contribution in [0.25, 0.3) is 0 Å². The zero-order chi connectivity index (χ0) is 18.9. The fourth-order valence-electron chi connectivity index (χ4n) is 2.90. The molecule has 0 heterocycles. The second-order valence-electron chi connectivity index (χ2n) is 6.08. The number of rotatable bonds is 8. The van der Waals surface area contributed by atoms with Gasteiger partial charge in [0.05, 0.1) is 19.0 Å². The second-order valence-corrected chi connectivity index (χ2v) is 6.08. The topological polar surface area (TPSA) is 47.3 Å². The third kappa shape index (κ3) is 5.14. The van der Waals surface area contributed by atoms with Crippen molar-refractivity contribution >= 4 is 11.6 Å². The molecule has 2 aromatic carbocycles. The van der Waals surface area contributed by atoms with Gasteiger partial charge in [-0.3, -0.25) is 9.69 Å². The molecule has 2 aromatic rings. The van der Waals surface area contributed by atoms with E-state index in [2.05, 4.69) is 6.07 Å². The Morgan fingerprint density at radius 3 is 2.38 bits per heavy atom. The lowest BCUT2D eigenvalue weighted by Gasteiger charge is -2.30. The van der Waals surface area contributed by atoms with E-state index in [4.69, 9.17) is 5.26 Å². The van der Waals surface area contributed by atoms with Crippen molar-refractivity contribution in [2.75, 3.05) is 24.5 Å². The number of amides is 1. The first-order chi connectivity index (χ1) is 12.6. The fourth-order valence-corrected chi connectivity index (χ4v) is 2.90. The molecule has 0 spiro atoms. The van der Waals surface area contributed by atoms with E-state index in [0.717, 1.165) is 11.3 Å². The van der Waals surface area contributed by atoms with Gasteiger partial charge in [-0.1, -0.05) is 37.3 Å². The monoisotopic (exact) mass is 353 g/mol. The minimum absolute atomic E-state index is 0.0156. The van der Waals surface area contributed by atoms with E-state index in [1.165, 1.54) is 12.1 Å². The molecule has 5 heteroatoms. The summed E-state index contributed by atoms with van der Waals surface area (Å²) < 4.78 is 13.2. The highest BCUT2D eigenvalue weighted by Crippen LogP contribution is 2.21. The first-order valence-corrected chi connectivity index (χ1v) is 8.78. The van der Waals surface area contributed by atoms with Gasteiger partial charge in [-0.25, -0.2) is 4.39 Å². The molecule has 0 aromatic heterocycles. The van der Waals surface area contributed by atoms with Crippen LogP contribution in [0.15, 0.2) is 54.6 Å². The van der Waals surface area contributed by atoms with Crippen LogP contribution in [-0.2, 0) is 4.79 Å². The highest BCUT2D eigenvalue weighted by Gasteiger charge is 2.22.